The van der Waals surface area contributed by atoms with Crippen molar-refractivity contribution in [2.75, 3.05) is 6.54 Å². The minimum absolute atomic E-state index is 0.177. The second-order valence-electron chi connectivity index (χ2n) is 8.06. The topological polar surface area (TPSA) is 58.6 Å². The van der Waals surface area contributed by atoms with Crippen LogP contribution in [0.5, 0.6) is 5.75 Å². The highest BCUT2D eigenvalue weighted by atomic mass is 16.5. The van der Waals surface area contributed by atoms with Crippen LogP contribution in [-0.2, 0) is 22.7 Å². The molecule has 3 aromatic rings. The molecule has 1 aliphatic heterocycles. The first-order valence-electron chi connectivity index (χ1n) is 11.0. The predicted octanol–water partition coefficient (Wildman–Crippen LogP) is 4.56. The van der Waals surface area contributed by atoms with Crippen molar-refractivity contribution in [3.05, 3.63) is 90.0 Å². The van der Waals surface area contributed by atoms with Crippen molar-refractivity contribution in [3.63, 3.8) is 0 Å². The number of likely N-dealkylation sites (tertiary alicyclic amines) is 1. The molecule has 4 rings (SSSR count). The number of ether oxygens (including phenoxy) is 1. The molecule has 0 aromatic heterocycles. The number of nitrogens with zero attached hydrogens (tertiary/aromatic N) is 1. The Balaban J connectivity index is 1.32. The van der Waals surface area contributed by atoms with Crippen LogP contribution in [0.3, 0.4) is 0 Å². The highest BCUT2D eigenvalue weighted by Crippen LogP contribution is 2.23. The minimum atomic E-state index is -0.620. The smallest absolute Gasteiger partial charge is 0.261 e. The number of hydrogen-bond acceptors (Lipinski definition) is 3. The summed E-state index contributed by atoms with van der Waals surface area (Å²) in [5.41, 5.74) is 4.32. The summed E-state index contributed by atoms with van der Waals surface area (Å²) in [6.07, 6.45) is 0.920. The second kappa shape index (κ2) is 10.1. The summed E-state index contributed by atoms with van der Waals surface area (Å²) in [7, 11) is 0. The molecule has 3 aromatic carbocycles. The third-order valence-corrected chi connectivity index (χ3v) is 5.75. The quantitative estimate of drug-likeness (QED) is 0.572. The van der Waals surface area contributed by atoms with E-state index in [0.717, 1.165) is 35.2 Å². The maximum atomic E-state index is 12.6. The van der Waals surface area contributed by atoms with Gasteiger partial charge >= 0.3 is 0 Å². The van der Waals surface area contributed by atoms with Gasteiger partial charge in [-0.3, -0.25) is 9.59 Å². The largest absolute Gasteiger partial charge is 0.481 e. The first-order valence-corrected chi connectivity index (χ1v) is 11.0. The standard InChI is InChI=1S/C27H28N2O3/c1-20(32-25-15-13-22(14-16-25)21-8-3-2-4-9-21)27(31)28-18-23-10-5-6-11-24(23)19-29-17-7-12-26(29)30/h2-6,8-11,13-16,20H,7,12,17-19H2,1H3,(H,28,31)/t20-/m0/s1. The van der Waals surface area contributed by atoms with Crippen LogP contribution in [-0.4, -0.2) is 29.4 Å². The van der Waals surface area contributed by atoms with Gasteiger partial charge in [0.1, 0.15) is 5.75 Å². The Morgan fingerprint density at radius 3 is 2.28 bits per heavy atom. The van der Waals surface area contributed by atoms with Crippen molar-refractivity contribution in [1.82, 2.24) is 10.2 Å². The SMILES string of the molecule is C[C@H](Oc1ccc(-c2ccccc2)cc1)C(=O)NCc1ccccc1CN1CCCC1=O. The molecule has 5 nitrogen and oxygen atoms in total. The molecular weight excluding hydrogens is 400 g/mol. The van der Waals surface area contributed by atoms with Crippen LogP contribution in [0.15, 0.2) is 78.9 Å². The van der Waals surface area contributed by atoms with Gasteiger partial charge in [0, 0.05) is 26.1 Å². The lowest BCUT2D eigenvalue weighted by molar-refractivity contribution is -0.128. The number of carbonyl (C=O) groups is 2. The first-order chi connectivity index (χ1) is 15.6. The van der Waals surface area contributed by atoms with Gasteiger partial charge in [-0.25, -0.2) is 0 Å². The molecule has 0 aliphatic carbocycles. The van der Waals surface area contributed by atoms with E-state index in [1.54, 1.807) is 6.92 Å². The Morgan fingerprint density at radius 2 is 1.59 bits per heavy atom. The van der Waals surface area contributed by atoms with Crippen molar-refractivity contribution in [3.8, 4) is 16.9 Å². The van der Waals surface area contributed by atoms with Gasteiger partial charge in [0.2, 0.25) is 5.91 Å². The van der Waals surface area contributed by atoms with Crippen molar-refractivity contribution in [2.24, 2.45) is 0 Å². The van der Waals surface area contributed by atoms with Crippen molar-refractivity contribution in [1.29, 1.82) is 0 Å². The van der Waals surface area contributed by atoms with Crippen LogP contribution in [0.2, 0.25) is 0 Å². The number of hydrogen-bond donors (Lipinski definition) is 1. The highest BCUT2D eigenvalue weighted by molar-refractivity contribution is 5.81. The van der Waals surface area contributed by atoms with E-state index in [4.69, 9.17) is 4.74 Å². The second-order valence-corrected chi connectivity index (χ2v) is 8.06. The molecule has 164 valence electrons. The summed E-state index contributed by atoms with van der Waals surface area (Å²) in [4.78, 5) is 26.5. The Morgan fingerprint density at radius 1 is 0.938 bits per heavy atom. The third-order valence-electron chi connectivity index (χ3n) is 5.75. The molecule has 1 aliphatic rings. The lowest BCUT2D eigenvalue weighted by Gasteiger charge is -2.19. The van der Waals surface area contributed by atoms with Gasteiger partial charge in [0.05, 0.1) is 0 Å². The zero-order valence-corrected chi connectivity index (χ0v) is 18.3. The maximum Gasteiger partial charge on any atom is 0.261 e. The maximum absolute atomic E-state index is 12.6. The van der Waals surface area contributed by atoms with E-state index in [1.165, 1.54) is 0 Å². The fourth-order valence-electron chi connectivity index (χ4n) is 3.90. The lowest BCUT2D eigenvalue weighted by atomic mass is 10.1. The van der Waals surface area contributed by atoms with Gasteiger partial charge in [-0.05, 0) is 47.7 Å². The van der Waals surface area contributed by atoms with Crippen LogP contribution in [0, 0.1) is 0 Å². The van der Waals surface area contributed by atoms with Gasteiger partial charge in [0.15, 0.2) is 6.10 Å². The molecule has 1 N–H and O–H groups in total. The summed E-state index contributed by atoms with van der Waals surface area (Å²) in [6.45, 7) is 3.53. The number of benzene rings is 3. The van der Waals surface area contributed by atoms with Gasteiger partial charge in [-0.15, -0.1) is 0 Å². The third kappa shape index (κ3) is 5.35. The van der Waals surface area contributed by atoms with E-state index < -0.39 is 6.10 Å². The van der Waals surface area contributed by atoms with Crippen LogP contribution in [0.1, 0.15) is 30.9 Å². The van der Waals surface area contributed by atoms with Crippen LogP contribution < -0.4 is 10.1 Å². The number of carbonyl (C=O) groups excluding carboxylic acids is 2. The molecule has 0 spiro atoms. The molecule has 1 fully saturated rings. The van der Waals surface area contributed by atoms with Gasteiger partial charge < -0.3 is 15.0 Å². The molecule has 1 atom stereocenters. The molecule has 1 saturated heterocycles. The first kappa shape index (κ1) is 21.6. The average molecular weight is 429 g/mol. The Bertz CT molecular complexity index is 1060. The average Bonchev–Trinajstić information content (AvgIpc) is 3.23. The number of nitrogens with one attached hydrogen (secondary N) is 1. The summed E-state index contributed by atoms with van der Waals surface area (Å²) in [6, 6.07) is 25.8. The van der Waals surface area contributed by atoms with Gasteiger partial charge in [0.25, 0.3) is 5.91 Å². The Labute approximate surface area is 189 Å². The monoisotopic (exact) mass is 428 g/mol. The van der Waals surface area contributed by atoms with Crippen LogP contribution in [0.25, 0.3) is 11.1 Å². The van der Waals surface area contributed by atoms with Gasteiger partial charge in [-0.2, -0.15) is 0 Å². The Hall–Kier alpha value is -3.60. The predicted molar refractivity (Wildman–Crippen MR) is 125 cm³/mol. The van der Waals surface area contributed by atoms with E-state index in [0.29, 0.717) is 25.3 Å². The summed E-state index contributed by atoms with van der Waals surface area (Å²) >= 11 is 0. The number of rotatable bonds is 8. The molecule has 0 unspecified atom stereocenters. The van der Waals surface area contributed by atoms with Gasteiger partial charge in [-0.1, -0.05) is 66.7 Å². The van der Waals surface area contributed by atoms with E-state index in [9.17, 15) is 9.59 Å². The summed E-state index contributed by atoms with van der Waals surface area (Å²) in [5, 5.41) is 2.97. The van der Waals surface area contributed by atoms with E-state index in [-0.39, 0.29) is 11.8 Å². The van der Waals surface area contributed by atoms with E-state index >= 15 is 0 Å². The van der Waals surface area contributed by atoms with Crippen molar-refractivity contribution < 1.29 is 14.3 Å². The molecule has 32 heavy (non-hydrogen) atoms. The fourth-order valence-corrected chi connectivity index (χ4v) is 3.90. The zero-order chi connectivity index (χ0) is 22.3. The van der Waals surface area contributed by atoms with E-state index in [2.05, 4.69) is 17.4 Å². The molecule has 0 bridgehead atoms. The Kier molecular flexibility index (Phi) is 6.85. The normalized spacial score (nSPS) is 14.3. The highest BCUT2D eigenvalue weighted by Gasteiger charge is 2.21. The van der Waals surface area contributed by atoms with Crippen molar-refractivity contribution >= 4 is 11.8 Å². The van der Waals surface area contributed by atoms with Crippen LogP contribution in [0.4, 0.5) is 0 Å². The zero-order valence-electron chi connectivity index (χ0n) is 18.3. The van der Waals surface area contributed by atoms with Crippen molar-refractivity contribution in [2.45, 2.75) is 39.0 Å². The van der Waals surface area contributed by atoms with E-state index in [1.807, 2.05) is 71.6 Å². The molecule has 5 heteroatoms. The minimum Gasteiger partial charge on any atom is -0.481 e. The molecule has 0 radical (unpaired) electrons. The molecular formula is C27H28N2O3. The molecule has 0 saturated carbocycles. The fraction of sp³-hybridized carbons (Fsp3) is 0.259. The number of amides is 2. The summed E-state index contributed by atoms with van der Waals surface area (Å²) < 4.78 is 5.84. The lowest BCUT2D eigenvalue weighted by Crippen LogP contribution is -2.36. The molecule has 1 heterocycles. The molecule has 2 amide bonds. The van der Waals surface area contributed by atoms with Crippen LogP contribution >= 0.6 is 0 Å². The summed E-state index contributed by atoms with van der Waals surface area (Å²) in [5.74, 6) is 0.675.